The van der Waals surface area contributed by atoms with Gasteiger partial charge < -0.3 is 14.0 Å². The molecule has 66 heavy (non-hydrogen) atoms. The molecule has 0 atom stereocenters. The van der Waals surface area contributed by atoms with E-state index >= 15 is 0 Å². The zero-order valence-corrected chi connectivity index (χ0v) is 42.1. The Bertz CT molecular complexity index is 3500. The minimum Gasteiger partial charge on any atom is -0.500 e. The molecular formula is C59H52IrN4OSi-2. The number of rotatable bonds is 7. The Balaban J connectivity index is 0.000000273. The van der Waals surface area contributed by atoms with E-state index in [4.69, 9.17) is 14.4 Å². The summed E-state index contributed by atoms with van der Waals surface area (Å²) in [5.41, 5.74) is 14.8. The van der Waals surface area contributed by atoms with E-state index in [1.54, 1.807) is 0 Å². The molecule has 0 aliphatic heterocycles. The van der Waals surface area contributed by atoms with Gasteiger partial charge in [-0.25, -0.2) is 0 Å². The number of imidazole rings is 1. The van der Waals surface area contributed by atoms with E-state index in [1.165, 1.54) is 33.1 Å². The molecule has 11 rings (SSSR count). The van der Waals surface area contributed by atoms with Gasteiger partial charge in [0.15, 0.2) is 0 Å². The minimum absolute atomic E-state index is 0. The molecule has 329 valence electrons. The molecule has 0 aliphatic carbocycles. The monoisotopic (exact) mass is 1050 g/mol. The Morgan fingerprint density at radius 3 is 1.97 bits per heavy atom. The summed E-state index contributed by atoms with van der Waals surface area (Å²) >= 11 is 0. The van der Waals surface area contributed by atoms with Gasteiger partial charge in [-0.05, 0) is 88.3 Å². The van der Waals surface area contributed by atoms with Gasteiger partial charge in [0.05, 0.1) is 36.0 Å². The summed E-state index contributed by atoms with van der Waals surface area (Å²) in [4.78, 5) is 14.8. The predicted octanol–water partition coefficient (Wildman–Crippen LogP) is 15.4. The topological polar surface area (TPSA) is 56.7 Å². The van der Waals surface area contributed by atoms with Crippen LogP contribution in [0.15, 0.2) is 162 Å². The first kappa shape index (κ1) is 44.7. The van der Waals surface area contributed by atoms with Gasteiger partial charge in [0.25, 0.3) is 0 Å². The molecule has 0 amide bonds. The van der Waals surface area contributed by atoms with Gasteiger partial charge in [-0.3, -0.25) is 9.97 Å². The van der Waals surface area contributed by atoms with E-state index in [-0.39, 0.29) is 31.9 Å². The van der Waals surface area contributed by atoms with E-state index in [2.05, 4.69) is 190 Å². The molecule has 0 bridgehead atoms. The minimum atomic E-state index is -1.23. The van der Waals surface area contributed by atoms with Crippen molar-refractivity contribution in [2.75, 3.05) is 0 Å². The molecular weight excluding hydrogens is 1000 g/mol. The predicted molar refractivity (Wildman–Crippen MR) is 275 cm³/mol. The Labute approximate surface area is 402 Å². The van der Waals surface area contributed by atoms with E-state index < -0.39 is 8.07 Å². The van der Waals surface area contributed by atoms with Crippen LogP contribution in [-0.2, 0) is 20.1 Å². The first-order chi connectivity index (χ1) is 31.4. The number of aryl methyl sites for hydroxylation is 1. The van der Waals surface area contributed by atoms with Crippen LogP contribution >= 0.6 is 0 Å². The van der Waals surface area contributed by atoms with Gasteiger partial charge in [0.2, 0.25) is 0 Å². The number of benzene rings is 7. The van der Waals surface area contributed by atoms with Crippen molar-refractivity contribution < 1.29 is 24.5 Å². The summed E-state index contributed by atoms with van der Waals surface area (Å²) in [5, 5.41) is 6.79. The van der Waals surface area contributed by atoms with Crippen molar-refractivity contribution in [2.45, 2.75) is 66.1 Å². The zero-order valence-electron chi connectivity index (χ0n) is 38.7. The summed E-state index contributed by atoms with van der Waals surface area (Å²) in [6.45, 7) is 18.2. The van der Waals surface area contributed by atoms with Crippen molar-refractivity contribution in [1.82, 2.24) is 19.5 Å². The average Bonchev–Trinajstić information content (AvgIpc) is 3.91. The summed E-state index contributed by atoms with van der Waals surface area (Å²) in [7, 11) is -1.23. The number of para-hydroxylation sites is 2. The normalized spacial score (nSPS) is 11.8. The SMILES string of the molecule is C[Si](C)(C)c1ccc(-c2[c-]cccc2)nc1.Cc1ccc2ccc3c(ccc4c5cc[c-]c(-c6nc7ccccc7n6-c6c(C(C)C)cc(-c7ccccc7)cc6C(C)C)c5oc43)c2n1.[Ir]. The molecule has 7 heteroatoms. The van der Waals surface area contributed by atoms with Crippen LogP contribution < -0.4 is 5.19 Å². The number of pyridine rings is 2. The summed E-state index contributed by atoms with van der Waals surface area (Å²) in [5.74, 6) is 1.37. The second kappa shape index (κ2) is 18.1. The van der Waals surface area contributed by atoms with Crippen LogP contribution in [0.1, 0.15) is 56.4 Å². The summed E-state index contributed by atoms with van der Waals surface area (Å²) < 4.78 is 9.30. The number of hydrogen-bond acceptors (Lipinski definition) is 4. The quantitative estimate of drug-likeness (QED) is 0.0907. The zero-order chi connectivity index (χ0) is 45.0. The smallest absolute Gasteiger partial charge is 0.128 e. The maximum Gasteiger partial charge on any atom is 0.128 e. The second-order valence-corrected chi connectivity index (χ2v) is 23.8. The largest absolute Gasteiger partial charge is 0.500 e. The van der Waals surface area contributed by atoms with Crippen molar-refractivity contribution in [3.63, 3.8) is 0 Å². The summed E-state index contributed by atoms with van der Waals surface area (Å²) in [6, 6.07) is 59.9. The molecule has 0 fully saturated rings. The van der Waals surface area contributed by atoms with Gasteiger partial charge in [-0.2, -0.15) is 0 Å². The number of nitrogens with zero attached hydrogens (tertiary/aromatic N) is 4. The van der Waals surface area contributed by atoms with Crippen molar-refractivity contribution in [3.8, 4) is 39.5 Å². The second-order valence-electron chi connectivity index (χ2n) is 18.7. The Kier molecular flexibility index (Phi) is 12.2. The van der Waals surface area contributed by atoms with Gasteiger partial charge in [-0.1, -0.05) is 137 Å². The third-order valence-corrected chi connectivity index (χ3v) is 14.6. The molecule has 5 nitrogen and oxygen atoms in total. The first-order valence-electron chi connectivity index (χ1n) is 22.7. The molecule has 4 aromatic heterocycles. The molecule has 4 heterocycles. The number of hydrogen-bond donors (Lipinski definition) is 0. The Hall–Kier alpha value is -6.50. The van der Waals surface area contributed by atoms with Gasteiger partial charge in [0, 0.05) is 59.2 Å². The molecule has 0 saturated carbocycles. The maximum atomic E-state index is 6.94. The van der Waals surface area contributed by atoms with Gasteiger partial charge in [-0.15, -0.1) is 54.1 Å². The Morgan fingerprint density at radius 1 is 0.606 bits per heavy atom. The van der Waals surface area contributed by atoms with Crippen LogP contribution in [0.5, 0.6) is 0 Å². The number of furan rings is 1. The van der Waals surface area contributed by atoms with Gasteiger partial charge in [0.1, 0.15) is 5.58 Å². The molecule has 0 N–H and O–H groups in total. The fourth-order valence-corrected chi connectivity index (χ4v) is 10.1. The number of aromatic nitrogens is 4. The molecule has 7 aromatic carbocycles. The molecule has 0 aliphatic rings. The molecule has 0 saturated heterocycles. The van der Waals surface area contributed by atoms with Crippen LogP contribution in [-0.4, -0.2) is 27.6 Å². The van der Waals surface area contributed by atoms with Crippen molar-refractivity contribution >= 4 is 67.9 Å². The maximum absolute atomic E-state index is 6.94. The molecule has 0 unspecified atom stereocenters. The van der Waals surface area contributed by atoms with Crippen molar-refractivity contribution in [3.05, 3.63) is 187 Å². The van der Waals surface area contributed by atoms with E-state index in [0.29, 0.717) is 0 Å². The number of fused-ring (bicyclic) bond motifs is 8. The van der Waals surface area contributed by atoms with E-state index in [0.717, 1.165) is 83.0 Å². The molecule has 1 radical (unpaired) electrons. The van der Waals surface area contributed by atoms with Crippen LogP contribution in [0.25, 0.3) is 94.1 Å². The average molecular weight is 1050 g/mol. The molecule has 11 aromatic rings. The first-order valence-corrected chi connectivity index (χ1v) is 26.2. The standard InChI is InChI=1S/C45H36N3O.C14H16NSi.Ir/c1-26(2)37-24-31(29-12-7-6-8-13-29)25-38(27(3)4)42(37)48-40-17-10-9-16-39(40)47-45(48)36-15-11-14-33-35-23-22-32-34(43(35)49-44(33)36)21-20-30-19-18-28(5)46-41(30)32;1-16(2,3)13-9-10-14(15-11-13)12-7-5-4-6-8-12;/h6-14,16-27H,1-5H3;4-7,9-11H,1-3H3;/q2*-1;. The third-order valence-electron chi connectivity index (χ3n) is 12.5. The van der Waals surface area contributed by atoms with Crippen LogP contribution in [0.4, 0.5) is 0 Å². The van der Waals surface area contributed by atoms with Crippen LogP contribution in [0, 0.1) is 19.1 Å². The Morgan fingerprint density at radius 2 is 1.27 bits per heavy atom. The van der Waals surface area contributed by atoms with E-state index in [9.17, 15) is 0 Å². The third kappa shape index (κ3) is 8.21. The summed E-state index contributed by atoms with van der Waals surface area (Å²) in [6.07, 6.45) is 2.02. The van der Waals surface area contributed by atoms with Crippen LogP contribution in [0.2, 0.25) is 19.6 Å². The van der Waals surface area contributed by atoms with Crippen molar-refractivity contribution in [2.24, 2.45) is 0 Å². The van der Waals surface area contributed by atoms with Crippen molar-refractivity contribution in [1.29, 1.82) is 0 Å². The van der Waals surface area contributed by atoms with Gasteiger partial charge >= 0.3 is 0 Å². The van der Waals surface area contributed by atoms with Crippen LogP contribution in [0.3, 0.4) is 0 Å². The fourth-order valence-electron chi connectivity index (χ4n) is 9.04. The fraction of sp³-hybridized carbons (Fsp3) is 0.169. The molecule has 0 spiro atoms. The van der Waals surface area contributed by atoms with E-state index in [1.807, 2.05) is 43.5 Å².